The molecule has 0 bridgehead atoms. The molecule has 13 heavy (non-hydrogen) atoms. The number of carbonyl (C=O) groups excluding carboxylic acids is 1. The maximum Gasteiger partial charge on any atom is 0.227 e. The van der Waals surface area contributed by atoms with Crippen molar-refractivity contribution in [2.75, 3.05) is 0 Å². The second-order valence-electron chi connectivity index (χ2n) is 2.69. The van der Waals surface area contributed by atoms with Crippen molar-refractivity contribution < 1.29 is 4.79 Å². The maximum atomic E-state index is 10.6. The summed E-state index contributed by atoms with van der Waals surface area (Å²) in [7, 11) is 0. The molecule has 1 amide bonds. The molecule has 0 aliphatic rings. The van der Waals surface area contributed by atoms with E-state index in [4.69, 9.17) is 0 Å². The van der Waals surface area contributed by atoms with Gasteiger partial charge in [-0.2, -0.15) is 0 Å². The Balaban J connectivity index is 2.71. The van der Waals surface area contributed by atoms with E-state index in [0.717, 1.165) is 23.3 Å². The van der Waals surface area contributed by atoms with Crippen LogP contribution in [0.25, 0.3) is 0 Å². The first-order valence-corrected chi connectivity index (χ1v) is 4.65. The Morgan fingerprint density at radius 2 is 1.92 bits per heavy atom. The molecule has 0 aliphatic carbocycles. The number of nitrogens with zero attached hydrogens (tertiary/aromatic N) is 2. The van der Waals surface area contributed by atoms with E-state index < -0.39 is 0 Å². The van der Waals surface area contributed by atoms with E-state index in [0.29, 0.717) is 5.16 Å². The summed E-state index contributed by atoms with van der Waals surface area (Å²) in [4.78, 5) is 18.9. The van der Waals surface area contributed by atoms with Crippen LogP contribution in [-0.2, 0) is 4.79 Å². The minimum absolute atomic E-state index is 0.104. The lowest BCUT2D eigenvalue weighted by atomic mass is 10.4. The van der Waals surface area contributed by atoms with Gasteiger partial charge < -0.3 is 0 Å². The Morgan fingerprint density at radius 1 is 1.38 bits per heavy atom. The average molecular weight is 197 g/mol. The van der Waals surface area contributed by atoms with E-state index in [2.05, 4.69) is 14.7 Å². The molecule has 0 spiro atoms. The van der Waals surface area contributed by atoms with Crippen molar-refractivity contribution in [2.24, 2.45) is 0 Å². The fourth-order valence-electron chi connectivity index (χ4n) is 0.857. The Kier molecular flexibility index (Phi) is 3.25. The van der Waals surface area contributed by atoms with Crippen LogP contribution in [0.2, 0.25) is 0 Å². The maximum absolute atomic E-state index is 10.6. The van der Waals surface area contributed by atoms with Gasteiger partial charge >= 0.3 is 0 Å². The molecule has 0 radical (unpaired) electrons. The van der Waals surface area contributed by atoms with Gasteiger partial charge in [0, 0.05) is 30.3 Å². The van der Waals surface area contributed by atoms with Gasteiger partial charge in [0.2, 0.25) is 11.1 Å². The highest BCUT2D eigenvalue weighted by Crippen LogP contribution is 2.09. The molecule has 5 heteroatoms. The van der Waals surface area contributed by atoms with Crippen molar-refractivity contribution in [1.82, 2.24) is 14.7 Å². The van der Waals surface area contributed by atoms with Crippen LogP contribution < -0.4 is 4.72 Å². The summed E-state index contributed by atoms with van der Waals surface area (Å²) >= 11 is 1.14. The lowest BCUT2D eigenvalue weighted by molar-refractivity contribution is -0.117. The number of aromatic nitrogens is 2. The molecule has 0 unspecified atom stereocenters. The van der Waals surface area contributed by atoms with Crippen molar-refractivity contribution >= 4 is 17.9 Å². The first kappa shape index (κ1) is 9.98. The zero-order chi connectivity index (χ0) is 9.84. The molecule has 4 nitrogen and oxygen atoms in total. The van der Waals surface area contributed by atoms with Crippen molar-refractivity contribution in [2.45, 2.75) is 25.9 Å². The van der Waals surface area contributed by atoms with Crippen LogP contribution in [0.5, 0.6) is 0 Å². The molecule has 0 saturated carbocycles. The molecule has 1 aromatic heterocycles. The predicted molar refractivity (Wildman–Crippen MR) is 51.2 cm³/mol. The van der Waals surface area contributed by atoms with Crippen LogP contribution in [0.3, 0.4) is 0 Å². The summed E-state index contributed by atoms with van der Waals surface area (Å²) in [6.07, 6.45) is 0. The first-order valence-electron chi connectivity index (χ1n) is 3.83. The van der Waals surface area contributed by atoms with Gasteiger partial charge in [0.15, 0.2) is 0 Å². The quantitative estimate of drug-likeness (QED) is 0.572. The topological polar surface area (TPSA) is 54.9 Å². The Labute approximate surface area is 81.3 Å². The molecule has 1 heterocycles. The van der Waals surface area contributed by atoms with E-state index >= 15 is 0 Å². The fourth-order valence-corrected chi connectivity index (χ4v) is 1.47. The third-order valence-electron chi connectivity index (χ3n) is 1.25. The molecule has 1 N–H and O–H groups in total. The highest BCUT2D eigenvalue weighted by molar-refractivity contribution is 7.97. The Bertz CT molecular complexity index is 307. The van der Waals surface area contributed by atoms with E-state index in [9.17, 15) is 4.79 Å². The summed E-state index contributed by atoms with van der Waals surface area (Å²) in [5.74, 6) is -0.104. The van der Waals surface area contributed by atoms with E-state index in [-0.39, 0.29) is 5.91 Å². The number of hydrogen-bond acceptors (Lipinski definition) is 4. The average Bonchev–Trinajstić information content (AvgIpc) is 1.99. The number of aryl methyl sites for hydroxylation is 2. The van der Waals surface area contributed by atoms with Gasteiger partial charge in [-0.1, -0.05) is 0 Å². The Hall–Kier alpha value is -1.10. The van der Waals surface area contributed by atoms with Crippen molar-refractivity contribution in [3.05, 3.63) is 17.5 Å². The molecule has 0 fully saturated rings. The first-order chi connectivity index (χ1) is 6.08. The second kappa shape index (κ2) is 4.23. The zero-order valence-electron chi connectivity index (χ0n) is 7.79. The van der Waals surface area contributed by atoms with Gasteiger partial charge in [0.25, 0.3) is 0 Å². The summed E-state index contributed by atoms with van der Waals surface area (Å²) in [6.45, 7) is 5.24. The van der Waals surface area contributed by atoms with Crippen LogP contribution in [0.15, 0.2) is 11.2 Å². The van der Waals surface area contributed by atoms with Crippen LogP contribution in [-0.4, -0.2) is 15.9 Å². The highest BCUT2D eigenvalue weighted by atomic mass is 32.2. The normalized spacial score (nSPS) is 9.77. The molecular formula is C8H11N3OS. The molecule has 0 aliphatic heterocycles. The van der Waals surface area contributed by atoms with Gasteiger partial charge in [0.05, 0.1) is 0 Å². The number of nitrogens with one attached hydrogen (secondary N) is 1. The van der Waals surface area contributed by atoms with E-state index in [1.165, 1.54) is 6.92 Å². The standard InChI is InChI=1S/C8H11N3OS/c1-5-4-6(2)10-8(9-5)13-11-7(3)12/h4H,1-3H3,(H,11,12). The number of rotatable bonds is 2. The predicted octanol–water partition coefficient (Wildman–Crippen LogP) is 1.24. The van der Waals surface area contributed by atoms with E-state index in [1.807, 2.05) is 19.9 Å². The summed E-state index contributed by atoms with van der Waals surface area (Å²) in [5, 5.41) is 0.577. The second-order valence-corrected chi connectivity index (χ2v) is 3.47. The minimum Gasteiger partial charge on any atom is -0.294 e. The smallest absolute Gasteiger partial charge is 0.227 e. The number of carbonyl (C=O) groups is 1. The SMILES string of the molecule is CC(=O)NSc1nc(C)cc(C)n1. The van der Waals surface area contributed by atoms with Crippen LogP contribution in [0.4, 0.5) is 0 Å². The van der Waals surface area contributed by atoms with Gasteiger partial charge in [-0.25, -0.2) is 9.97 Å². The van der Waals surface area contributed by atoms with Crippen molar-refractivity contribution in [3.63, 3.8) is 0 Å². The van der Waals surface area contributed by atoms with Crippen LogP contribution >= 0.6 is 11.9 Å². The molecule has 0 aromatic carbocycles. The van der Waals surface area contributed by atoms with Crippen molar-refractivity contribution in [1.29, 1.82) is 0 Å². The lowest BCUT2D eigenvalue weighted by Crippen LogP contribution is -2.11. The summed E-state index contributed by atoms with van der Waals surface area (Å²) < 4.78 is 2.57. The van der Waals surface area contributed by atoms with Gasteiger partial charge in [0.1, 0.15) is 0 Å². The number of amides is 1. The molecule has 1 rings (SSSR count). The van der Waals surface area contributed by atoms with Crippen molar-refractivity contribution in [3.8, 4) is 0 Å². The van der Waals surface area contributed by atoms with Gasteiger partial charge in [-0.05, 0) is 19.9 Å². The molecule has 0 atom stereocenters. The summed E-state index contributed by atoms with van der Waals surface area (Å²) in [5.41, 5.74) is 1.81. The minimum atomic E-state index is -0.104. The fraction of sp³-hybridized carbons (Fsp3) is 0.375. The highest BCUT2D eigenvalue weighted by Gasteiger charge is 2.00. The zero-order valence-corrected chi connectivity index (χ0v) is 8.60. The molecule has 1 aromatic rings. The van der Waals surface area contributed by atoms with Gasteiger partial charge in [-0.3, -0.25) is 9.52 Å². The largest absolute Gasteiger partial charge is 0.294 e. The van der Waals surface area contributed by atoms with Crippen LogP contribution in [0, 0.1) is 13.8 Å². The lowest BCUT2D eigenvalue weighted by Gasteiger charge is -2.01. The number of hydrogen-bond donors (Lipinski definition) is 1. The molecular weight excluding hydrogens is 186 g/mol. The van der Waals surface area contributed by atoms with Crippen LogP contribution in [0.1, 0.15) is 18.3 Å². The monoisotopic (exact) mass is 197 g/mol. The molecule has 0 saturated heterocycles. The Morgan fingerprint density at radius 3 is 2.38 bits per heavy atom. The summed E-state index contributed by atoms with van der Waals surface area (Å²) in [6, 6.07) is 1.89. The third kappa shape index (κ3) is 3.42. The third-order valence-corrected chi connectivity index (χ3v) is 2.00. The molecule has 70 valence electrons. The van der Waals surface area contributed by atoms with Gasteiger partial charge in [-0.15, -0.1) is 0 Å². The van der Waals surface area contributed by atoms with E-state index in [1.54, 1.807) is 0 Å².